The van der Waals surface area contributed by atoms with Gasteiger partial charge in [-0.25, -0.2) is 4.79 Å². The fourth-order valence-corrected chi connectivity index (χ4v) is 2.13. The molecule has 24 heavy (non-hydrogen) atoms. The summed E-state index contributed by atoms with van der Waals surface area (Å²) in [4.78, 5) is 23.4. The number of ether oxygens (including phenoxy) is 2. The molecule has 0 spiro atoms. The van der Waals surface area contributed by atoms with E-state index >= 15 is 0 Å². The van der Waals surface area contributed by atoms with Crippen LogP contribution in [0, 0.1) is 0 Å². The smallest absolute Gasteiger partial charge is 0.408 e. The van der Waals surface area contributed by atoms with Gasteiger partial charge in [0.2, 0.25) is 5.91 Å². The zero-order valence-corrected chi connectivity index (χ0v) is 13.4. The minimum Gasteiger partial charge on any atom is -0.497 e. The molecule has 2 aromatic carbocycles. The third-order valence-electron chi connectivity index (χ3n) is 3.45. The maximum atomic E-state index is 11.9. The number of benzene rings is 2. The van der Waals surface area contributed by atoms with Gasteiger partial charge in [0.05, 0.1) is 7.11 Å². The Balaban J connectivity index is 1.90. The molecule has 126 valence electrons. The Kier molecular flexibility index (Phi) is 6.19. The molecule has 2 aromatic rings. The van der Waals surface area contributed by atoms with Crippen LogP contribution in [0.15, 0.2) is 54.6 Å². The summed E-state index contributed by atoms with van der Waals surface area (Å²) in [5, 5.41) is 2.50. The van der Waals surface area contributed by atoms with E-state index in [4.69, 9.17) is 15.2 Å². The number of amides is 2. The maximum absolute atomic E-state index is 11.9. The van der Waals surface area contributed by atoms with E-state index in [0.717, 1.165) is 11.1 Å². The lowest BCUT2D eigenvalue weighted by Crippen LogP contribution is -2.46. The number of nitrogens with two attached hydrogens (primary N) is 1. The van der Waals surface area contributed by atoms with Crippen LogP contribution in [0.1, 0.15) is 11.1 Å². The zero-order chi connectivity index (χ0) is 17.4. The zero-order valence-electron chi connectivity index (χ0n) is 13.4. The highest BCUT2D eigenvalue weighted by Gasteiger charge is 2.19. The van der Waals surface area contributed by atoms with Crippen molar-refractivity contribution in [2.75, 3.05) is 7.11 Å². The first kappa shape index (κ1) is 17.3. The summed E-state index contributed by atoms with van der Waals surface area (Å²) in [7, 11) is 1.57. The van der Waals surface area contributed by atoms with Crippen molar-refractivity contribution in [1.29, 1.82) is 0 Å². The minimum absolute atomic E-state index is 0.126. The Morgan fingerprint density at radius 2 is 1.71 bits per heavy atom. The average Bonchev–Trinajstić information content (AvgIpc) is 2.61. The molecule has 6 nitrogen and oxygen atoms in total. The molecule has 0 aromatic heterocycles. The SMILES string of the molecule is COc1ccc(CC(NC(=O)OCc2ccccc2)C(N)=O)cc1. The molecular formula is C18H20N2O4. The predicted octanol–water partition coefficient (Wildman–Crippen LogP) is 2.02. The van der Waals surface area contributed by atoms with E-state index in [1.165, 1.54) is 0 Å². The number of nitrogens with one attached hydrogen (secondary N) is 1. The Hall–Kier alpha value is -3.02. The summed E-state index contributed by atoms with van der Waals surface area (Å²) < 4.78 is 10.2. The standard InChI is InChI=1S/C18H20N2O4/c1-23-15-9-7-13(8-10-15)11-16(17(19)21)20-18(22)24-12-14-5-3-2-4-6-14/h2-10,16H,11-12H2,1H3,(H2,19,21)(H,20,22). The summed E-state index contributed by atoms with van der Waals surface area (Å²) >= 11 is 0. The van der Waals surface area contributed by atoms with Crippen LogP contribution in [0.4, 0.5) is 4.79 Å². The number of carbonyl (C=O) groups is 2. The Bertz CT molecular complexity index is 671. The first-order valence-corrected chi connectivity index (χ1v) is 7.48. The van der Waals surface area contributed by atoms with Gasteiger partial charge < -0.3 is 20.5 Å². The van der Waals surface area contributed by atoms with Crippen LogP contribution < -0.4 is 15.8 Å². The summed E-state index contributed by atoms with van der Waals surface area (Å²) in [6, 6.07) is 15.6. The van der Waals surface area contributed by atoms with Gasteiger partial charge in [0, 0.05) is 6.42 Å². The van der Waals surface area contributed by atoms with Crippen LogP contribution in [0.2, 0.25) is 0 Å². The molecule has 0 saturated heterocycles. The van der Waals surface area contributed by atoms with Crippen LogP contribution in [-0.4, -0.2) is 25.2 Å². The number of rotatable bonds is 7. The second kappa shape index (κ2) is 8.57. The van der Waals surface area contributed by atoms with E-state index in [2.05, 4.69) is 5.32 Å². The summed E-state index contributed by atoms with van der Waals surface area (Å²) in [5.74, 6) is 0.0899. The van der Waals surface area contributed by atoms with Gasteiger partial charge in [0.1, 0.15) is 18.4 Å². The molecule has 6 heteroatoms. The fraction of sp³-hybridized carbons (Fsp3) is 0.222. The first-order chi connectivity index (χ1) is 11.6. The van der Waals surface area contributed by atoms with Crippen molar-refractivity contribution in [3.05, 3.63) is 65.7 Å². The molecule has 0 fully saturated rings. The quantitative estimate of drug-likeness (QED) is 0.813. The number of primary amides is 1. The predicted molar refractivity (Wildman–Crippen MR) is 89.4 cm³/mol. The normalized spacial score (nSPS) is 11.4. The molecule has 0 aliphatic heterocycles. The fourth-order valence-electron chi connectivity index (χ4n) is 2.13. The summed E-state index contributed by atoms with van der Waals surface area (Å²) in [6.07, 6.45) is -0.407. The topological polar surface area (TPSA) is 90.7 Å². The summed E-state index contributed by atoms with van der Waals surface area (Å²) in [5.41, 5.74) is 7.07. The molecule has 1 unspecified atom stereocenters. The van der Waals surface area contributed by atoms with Gasteiger partial charge in [-0.3, -0.25) is 4.79 Å². The van der Waals surface area contributed by atoms with Crippen molar-refractivity contribution in [1.82, 2.24) is 5.32 Å². The van der Waals surface area contributed by atoms with Crippen molar-refractivity contribution >= 4 is 12.0 Å². The second-order valence-corrected chi connectivity index (χ2v) is 5.21. The van der Waals surface area contributed by atoms with E-state index in [0.29, 0.717) is 5.75 Å². The van der Waals surface area contributed by atoms with E-state index in [1.807, 2.05) is 42.5 Å². The van der Waals surface area contributed by atoms with E-state index in [1.54, 1.807) is 19.2 Å². The van der Waals surface area contributed by atoms with Crippen LogP contribution in [0.5, 0.6) is 5.75 Å². The molecule has 0 bridgehead atoms. The second-order valence-electron chi connectivity index (χ2n) is 5.21. The van der Waals surface area contributed by atoms with Crippen molar-refractivity contribution in [2.45, 2.75) is 19.1 Å². The monoisotopic (exact) mass is 328 g/mol. The van der Waals surface area contributed by atoms with E-state index in [-0.39, 0.29) is 13.0 Å². The van der Waals surface area contributed by atoms with Gasteiger partial charge in [0.15, 0.2) is 0 Å². The molecule has 2 amide bonds. The van der Waals surface area contributed by atoms with Gasteiger partial charge in [-0.1, -0.05) is 42.5 Å². The molecule has 2 rings (SSSR count). The van der Waals surface area contributed by atoms with Gasteiger partial charge >= 0.3 is 6.09 Å². The van der Waals surface area contributed by atoms with Gasteiger partial charge in [-0.05, 0) is 23.3 Å². The lowest BCUT2D eigenvalue weighted by atomic mass is 10.1. The number of methoxy groups -OCH3 is 1. The van der Waals surface area contributed by atoms with Crippen LogP contribution in [-0.2, 0) is 22.6 Å². The molecule has 0 heterocycles. The van der Waals surface area contributed by atoms with Gasteiger partial charge in [0.25, 0.3) is 0 Å². The first-order valence-electron chi connectivity index (χ1n) is 7.48. The molecule has 1 atom stereocenters. The third kappa shape index (κ3) is 5.31. The van der Waals surface area contributed by atoms with Crippen molar-refractivity contribution < 1.29 is 19.1 Å². The molecule has 0 saturated carbocycles. The Morgan fingerprint density at radius 3 is 2.29 bits per heavy atom. The number of hydrogen-bond acceptors (Lipinski definition) is 4. The van der Waals surface area contributed by atoms with Gasteiger partial charge in [-0.15, -0.1) is 0 Å². The van der Waals surface area contributed by atoms with Gasteiger partial charge in [-0.2, -0.15) is 0 Å². The number of carbonyl (C=O) groups excluding carboxylic acids is 2. The maximum Gasteiger partial charge on any atom is 0.408 e. The lowest BCUT2D eigenvalue weighted by molar-refractivity contribution is -0.119. The lowest BCUT2D eigenvalue weighted by Gasteiger charge is -2.16. The largest absolute Gasteiger partial charge is 0.497 e. The molecular weight excluding hydrogens is 308 g/mol. The Morgan fingerprint density at radius 1 is 1.04 bits per heavy atom. The molecule has 3 N–H and O–H groups in total. The summed E-state index contributed by atoms with van der Waals surface area (Å²) in [6.45, 7) is 0.126. The van der Waals surface area contributed by atoms with Crippen LogP contribution >= 0.6 is 0 Å². The van der Waals surface area contributed by atoms with E-state index < -0.39 is 18.0 Å². The number of alkyl carbamates (subject to hydrolysis) is 1. The van der Waals surface area contributed by atoms with E-state index in [9.17, 15) is 9.59 Å². The van der Waals surface area contributed by atoms with Crippen LogP contribution in [0.3, 0.4) is 0 Å². The molecule has 0 aliphatic carbocycles. The molecule has 0 aliphatic rings. The third-order valence-corrected chi connectivity index (χ3v) is 3.45. The minimum atomic E-state index is -0.846. The highest BCUT2D eigenvalue weighted by Crippen LogP contribution is 2.13. The average molecular weight is 328 g/mol. The van der Waals surface area contributed by atoms with Crippen molar-refractivity contribution in [3.8, 4) is 5.75 Å². The highest BCUT2D eigenvalue weighted by molar-refractivity contribution is 5.84. The van der Waals surface area contributed by atoms with Crippen molar-refractivity contribution in [3.63, 3.8) is 0 Å². The Labute approximate surface area is 140 Å². The van der Waals surface area contributed by atoms with Crippen molar-refractivity contribution in [2.24, 2.45) is 5.73 Å². The number of hydrogen-bond donors (Lipinski definition) is 2. The van der Waals surface area contributed by atoms with Crippen LogP contribution in [0.25, 0.3) is 0 Å². The molecule has 0 radical (unpaired) electrons. The highest BCUT2D eigenvalue weighted by atomic mass is 16.5.